The van der Waals surface area contributed by atoms with E-state index in [1.807, 2.05) is 12.2 Å². The standard InChI is InChI=1S/C18H30O/c1-5-7-9-11-13-15-17(3)19-18(4)16-14-12-10-8-6-2/h5-6,13-18H,1-2,7-12H2,3-4H3/b15-13+,16-14+. The summed E-state index contributed by atoms with van der Waals surface area (Å²) < 4.78 is 5.85. The highest BCUT2D eigenvalue weighted by atomic mass is 16.5. The van der Waals surface area contributed by atoms with Crippen molar-refractivity contribution >= 4 is 0 Å². The van der Waals surface area contributed by atoms with Crippen LogP contribution in [0.3, 0.4) is 0 Å². The van der Waals surface area contributed by atoms with Crippen LogP contribution in [0, 0.1) is 0 Å². The lowest BCUT2D eigenvalue weighted by atomic mass is 10.2. The highest BCUT2D eigenvalue weighted by Crippen LogP contribution is 2.05. The van der Waals surface area contributed by atoms with Crippen molar-refractivity contribution in [2.75, 3.05) is 0 Å². The van der Waals surface area contributed by atoms with E-state index in [0.29, 0.717) is 0 Å². The lowest BCUT2D eigenvalue weighted by molar-refractivity contribution is 0.0628. The first-order valence-electron chi connectivity index (χ1n) is 7.41. The molecular weight excluding hydrogens is 232 g/mol. The Hall–Kier alpha value is -1.08. The minimum Gasteiger partial charge on any atom is -0.367 e. The molecule has 0 aliphatic heterocycles. The predicted octanol–water partition coefficient (Wildman–Crippen LogP) is 5.61. The maximum Gasteiger partial charge on any atom is 0.0735 e. The lowest BCUT2D eigenvalue weighted by Crippen LogP contribution is -2.12. The minimum absolute atomic E-state index is 0.177. The fourth-order valence-electron chi connectivity index (χ4n) is 1.77. The van der Waals surface area contributed by atoms with Gasteiger partial charge in [0, 0.05) is 0 Å². The Morgan fingerprint density at radius 1 is 0.789 bits per heavy atom. The Labute approximate surface area is 119 Å². The third kappa shape index (κ3) is 13.2. The van der Waals surface area contributed by atoms with E-state index in [0.717, 1.165) is 25.7 Å². The molecule has 0 aromatic carbocycles. The fraction of sp³-hybridized carbons (Fsp3) is 0.556. The minimum atomic E-state index is 0.177. The van der Waals surface area contributed by atoms with Crippen molar-refractivity contribution in [2.24, 2.45) is 0 Å². The quantitative estimate of drug-likeness (QED) is 0.328. The van der Waals surface area contributed by atoms with Crippen LogP contribution in [0.25, 0.3) is 0 Å². The molecule has 1 nitrogen and oxygen atoms in total. The molecule has 2 unspecified atom stereocenters. The van der Waals surface area contributed by atoms with Gasteiger partial charge in [0.05, 0.1) is 12.2 Å². The number of hydrogen-bond acceptors (Lipinski definition) is 1. The molecule has 0 N–H and O–H groups in total. The third-order valence-corrected chi connectivity index (χ3v) is 2.80. The summed E-state index contributed by atoms with van der Waals surface area (Å²) in [5.74, 6) is 0. The largest absolute Gasteiger partial charge is 0.367 e. The van der Waals surface area contributed by atoms with E-state index < -0.39 is 0 Å². The van der Waals surface area contributed by atoms with Gasteiger partial charge in [-0.3, -0.25) is 0 Å². The van der Waals surface area contributed by atoms with Crippen molar-refractivity contribution in [1.29, 1.82) is 0 Å². The van der Waals surface area contributed by atoms with Crippen LogP contribution < -0.4 is 0 Å². The first-order valence-corrected chi connectivity index (χ1v) is 7.41. The van der Waals surface area contributed by atoms with Gasteiger partial charge in [0.25, 0.3) is 0 Å². The molecule has 0 rings (SSSR count). The lowest BCUT2D eigenvalue weighted by Gasteiger charge is -2.13. The summed E-state index contributed by atoms with van der Waals surface area (Å²) in [4.78, 5) is 0. The first kappa shape index (κ1) is 17.9. The van der Waals surface area contributed by atoms with E-state index in [1.165, 1.54) is 12.8 Å². The van der Waals surface area contributed by atoms with Crippen molar-refractivity contribution in [3.63, 3.8) is 0 Å². The average molecular weight is 262 g/mol. The van der Waals surface area contributed by atoms with Crippen LogP contribution >= 0.6 is 0 Å². The molecule has 0 saturated heterocycles. The smallest absolute Gasteiger partial charge is 0.0735 e. The van der Waals surface area contributed by atoms with Crippen LogP contribution in [-0.2, 0) is 4.74 Å². The molecule has 0 aromatic heterocycles. The van der Waals surface area contributed by atoms with Gasteiger partial charge in [-0.25, -0.2) is 0 Å². The highest BCUT2D eigenvalue weighted by molar-refractivity contribution is 4.92. The predicted molar refractivity (Wildman–Crippen MR) is 86.4 cm³/mol. The molecule has 0 fully saturated rings. The molecule has 1 heteroatoms. The number of allylic oxidation sites excluding steroid dienone is 4. The molecule has 0 aromatic rings. The molecule has 0 aliphatic rings. The monoisotopic (exact) mass is 262 g/mol. The Morgan fingerprint density at radius 3 is 1.58 bits per heavy atom. The van der Waals surface area contributed by atoms with E-state index in [9.17, 15) is 0 Å². The van der Waals surface area contributed by atoms with Crippen LogP contribution in [0.5, 0.6) is 0 Å². The molecule has 0 radical (unpaired) electrons. The summed E-state index contributed by atoms with van der Waals surface area (Å²) >= 11 is 0. The normalized spacial score (nSPS) is 14.8. The Morgan fingerprint density at radius 2 is 1.21 bits per heavy atom. The maximum absolute atomic E-state index is 5.85. The van der Waals surface area contributed by atoms with Crippen LogP contribution in [0.2, 0.25) is 0 Å². The second-order valence-corrected chi connectivity index (χ2v) is 4.84. The van der Waals surface area contributed by atoms with Crippen molar-refractivity contribution in [3.05, 3.63) is 49.6 Å². The van der Waals surface area contributed by atoms with Crippen molar-refractivity contribution in [3.8, 4) is 0 Å². The molecule has 108 valence electrons. The van der Waals surface area contributed by atoms with Crippen molar-refractivity contribution in [1.82, 2.24) is 0 Å². The SMILES string of the molecule is C=CCCC/C=C/C(C)OC(C)/C=C/CCCC=C. The Kier molecular flexibility index (Phi) is 12.6. The molecular formula is C18H30O. The van der Waals surface area contributed by atoms with Gasteiger partial charge >= 0.3 is 0 Å². The zero-order chi connectivity index (χ0) is 14.3. The zero-order valence-electron chi connectivity index (χ0n) is 12.7. The van der Waals surface area contributed by atoms with Gasteiger partial charge < -0.3 is 4.74 Å². The second kappa shape index (κ2) is 13.4. The topological polar surface area (TPSA) is 9.23 Å². The third-order valence-electron chi connectivity index (χ3n) is 2.80. The van der Waals surface area contributed by atoms with E-state index >= 15 is 0 Å². The summed E-state index contributed by atoms with van der Waals surface area (Å²) in [6.45, 7) is 11.6. The molecule has 0 saturated carbocycles. The highest BCUT2D eigenvalue weighted by Gasteiger charge is 2.01. The van der Waals surface area contributed by atoms with Gasteiger partial charge in [-0.05, 0) is 52.4 Å². The van der Waals surface area contributed by atoms with E-state index in [-0.39, 0.29) is 12.2 Å². The average Bonchev–Trinajstić information content (AvgIpc) is 2.38. The van der Waals surface area contributed by atoms with Gasteiger partial charge in [-0.2, -0.15) is 0 Å². The van der Waals surface area contributed by atoms with Gasteiger partial charge in [-0.15, -0.1) is 13.2 Å². The van der Waals surface area contributed by atoms with Gasteiger partial charge in [0.1, 0.15) is 0 Å². The first-order chi connectivity index (χ1) is 9.20. The Bertz CT molecular complexity index is 247. The summed E-state index contributed by atoms with van der Waals surface area (Å²) in [7, 11) is 0. The van der Waals surface area contributed by atoms with E-state index in [1.54, 1.807) is 0 Å². The number of rotatable bonds is 12. The number of hydrogen-bond donors (Lipinski definition) is 0. The second-order valence-electron chi connectivity index (χ2n) is 4.84. The molecule has 0 amide bonds. The van der Waals surface area contributed by atoms with Crippen molar-refractivity contribution in [2.45, 2.75) is 64.6 Å². The van der Waals surface area contributed by atoms with E-state index in [4.69, 9.17) is 4.74 Å². The van der Waals surface area contributed by atoms with Crippen molar-refractivity contribution < 1.29 is 4.74 Å². The Balaban J connectivity index is 3.69. The van der Waals surface area contributed by atoms with Gasteiger partial charge in [0.2, 0.25) is 0 Å². The number of unbranched alkanes of at least 4 members (excludes halogenated alkanes) is 4. The van der Waals surface area contributed by atoms with E-state index in [2.05, 4.69) is 51.3 Å². The van der Waals surface area contributed by atoms with Gasteiger partial charge in [-0.1, -0.05) is 36.5 Å². The van der Waals surface area contributed by atoms with Crippen LogP contribution in [-0.4, -0.2) is 12.2 Å². The fourth-order valence-corrected chi connectivity index (χ4v) is 1.77. The molecule has 19 heavy (non-hydrogen) atoms. The van der Waals surface area contributed by atoms with Crippen LogP contribution in [0.4, 0.5) is 0 Å². The summed E-state index contributed by atoms with van der Waals surface area (Å²) in [5, 5.41) is 0. The van der Waals surface area contributed by atoms with Gasteiger partial charge in [0.15, 0.2) is 0 Å². The summed E-state index contributed by atoms with van der Waals surface area (Å²) in [6, 6.07) is 0. The molecule has 0 heterocycles. The summed E-state index contributed by atoms with van der Waals surface area (Å²) in [5.41, 5.74) is 0. The molecule has 0 bridgehead atoms. The van der Waals surface area contributed by atoms with Crippen LogP contribution in [0.1, 0.15) is 52.4 Å². The zero-order valence-corrected chi connectivity index (χ0v) is 12.7. The molecule has 2 atom stereocenters. The van der Waals surface area contributed by atoms with Crippen LogP contribution in [0.15, 0.2) is 49.6 Å². The molecule has 0 aliphatic carbocycles. The summed E-state index contributed by atoms with van der Waals surface area (Å²) in [6.07, 6.45) is 19.7. The maximum atomic E-state index is 5.85. The number of ether oxygens (including phenoxy) is 1. The molecule has 0 spiro atoms.